The SMILES string of the molecule is COc1ccc(Cl)cc1CN(C)C(=O)c1ccc(N(C)C)c(F)c1. The van der Waals surface area contributed by atoms with Crippen molar-refractivity contribution in [3.63, 3.8) is 0 Å². The molecule has 2 aromatic rings. The topological polar surface area (TPSA) is 32.8 Å². The van der Waals surface area contributed by atoms with E-state index >= 15 is 0 Å². The number of carbonyl (C=O) groups is 1. The highest BCUT2D eigenvalue weighted by molar-refractivity contribution is 6.30. The van der Waals surface area contributed by atoms with Crippen LogP contribution in [0.3, 0.4) is 0 Å². The minimum absolute atomic E-state index is 0.277. The Morgan fingerprint density at radius 3 is 2.46 bits per heavy atom. The summed E-state index contributed by atoms with van der Waals surface area (Å²) in [7, 11) is 6.71. The molecule has 0 unspecified atom stereocenters. The Hall–Kier alpha value is -2.27. The van der Waals surface area contributed by atoms with Gasteiger partial charge in [-0.3, -0.25) is 4.79 Å². The van der Waals surface area contributed by atoms with Gasteiger partial charge in [0.2, 0.25) is 0 Å². The molecule has 0 atom stereocenters. The van der Waals surface area contributed by atoms with Crippen molar-refractivity contribution < 1.29 is 13.9 Å². The fraction of sp³-hybridized carbons (Fsp3) is 0.278. The van der Waals surface area contributed by atoms with Crippen LogP contribution in [0.2, 0.25) is 5.02 Å². The third kappa shape index (κ3) is 3.97. The number of methoxy groups -OCH3 is 1. The minimum Gasteiger partial charge on any atom is -0.496 e. The fourth-order valence-electron chi connectivity index (χ4n) is 2.42. The largest absolute Gasteiger partial charge is 0.496 e. The first-order valence-electron chi connectivity index (χ1n) is 7.38. The van der Waals surface area contributed by atoms with Crippen molar-refractivity contribution in [2.75, 3.05) is 33.2 Å². The van der Waals surface area contributed by atoms with Crippen molar-refractivity contribution in [1.82, 2.24) is 4.90 Å². The van der Waals surface area contributed by atoms with Crippen molar-refractivity contribution >= 4 is 23.2 Å². The quantitative estimate of drug-likeness (QED) is 0.821. The smallest absolute Gasteiger partial charge is 0.254 e. The van der Waals surface area contributed by atoms with Crippen molar-refractivity contribution in [3.05, 3.63) is 58.4 Å². The van der Waals surface area contributed by atoms with Crippen LogP contribution in [0.15, 0.2) is 36.4 Å². The third-order valence-electron chi connectivity index (χ3n) is 3.67. The second-order valence-electron chi connectivity index (χ2n) is 5.68. The molecule has 1 amide bonds. The van der Waals surface area contributed by atoms with Crippen LogP contribution < -0.4 is 9.64 Å². The van der Waals surface area contributed by atoms with Crippen LogP contribution in [0.5, 0.6) is 5.75 Å². The van der Waals surface area contributed by atoms with Crippen molar-refractivity contribution in [3.8, 4) is 5.75 Å². The summed E-state index contributed by atoms with van der Waals surface area (Å²) in [5, 5.41) is 0.563. The molecule has 128 valence electrons. The molecule has 0 saturated carbocycles. The molecule has 6 heteroatoms. The van der Waals surface area contributed by atoms with Gasteiger partial charge in [0.05, 0.1) is 12.8 Å². The second-order valence-corrected chi connectivity index (χ2v) is 6.11. The van der Waals surface area contributed by atoms with Crippen LogP contribution in [0, 0.1) is 5.82 Å². The van der Waals surface area contributed by atoms with Gasteiger partial charge >= 0.3 is 0 Å². The molecule has 2 rings (SSSR count). The zero-order valence-electron chi connectivity index (χ0n) is 14.1. The molecule has 0 aromatic heterocycles. The van der Waals surface area contributed by atoms with Crippen molar-refractivity contribution in [1.29, 1.82) is 0 Å². The number of ether oxygens (including phenoxy) is 1. The Morgan fingerprint density at radius 1 is 1.17 bits per heavy atom. The highest BCUT2D eigenvalue weighted by Crippen LogP contribution is 2.25. The van der Waals surface area contributed by atoms with Gasteiger partial charge in [-0.2, -0.15) is 0 Å². The molecular weight excluding hydrogens is 331 g/mol. The third-order valence-corrected chi connectivity index (χ3v) is 3.91. The van der Waals surface area contributed by atoms with Crippen LogP contribution in [0.4, 0.5) is 10.1 Å². The van der Waals surface area contributed by atoms with Gasteiger partial charge in [0, 0.05) is 43.8 Å². The monoisotopic (exact) mass is 350 g/mol. The van der Waals surface area contributed by atoms with Gasteiger partial charge in [-0.05, 0) is 36.4 Å². The summed E-state index contributed by atoms with van der Waals surface area (Å²) in [6.07, 6.45) is 0. The Kier molecular flexibility index (Phi) is 5.67. The first-order valence-corrected chi connectivity index (χ1v) is 7.76. The molecule has 0 aliphatic carbocycles. The number of hydrogen-bond donors (Lipinski definition) is 0. The van der Waals surface area contributed by atoms with E-state index in [9.17, 15) is 9.18 Å². The standard InChI is InChI=1S/C18H20ClFN2O2/c1-21(2)16-7-5-12(10-15(16)20)18(23)22(3)11-13-9-14(19)6-8-17(13)24-4/h5-10H,11H2,1-4H3. The summed E-state index contributed by atoms with van der Waals surface area (Å²) >= 11 is 6.01. The Balaban J connectivity index is 2.21. The van der Waals surface area contributed by atoms with Crippen LogP contribution >= 0.6 is 11.6 Å². The summed E-state index contributed by atoms with van der Waals surface area (Å²) < 4.78 is 19.4. The van der Waals surface area contributed by atoms with E-state index in [4.69, 9.17) is 16.3 Å². The minimum atomic E-state index is -0.431. The molecule has 0 heterocycles. The molecule has 0 bridgehead atoms. The number of nitrogens with zero attached hydrogens (tertiary/aromatic N) is 2. The van der Waals surface area contributed by atoms with Gasteiger partial charge < -0.3 is 14.5 Å². The van der Waals surface area contributed by atoms with E-state index in [0.29, 0.717) is 28.6 Å². The number of anilines is 1. The lowest BCUT2D eigenvalue weighted by Gasteiger charge is -2.20. The molecular formula is C18H20ClFN2O2. The molecule has 0 radical (unpaired) electrons. The van der Waals surface area contributed by atoms with Crippen molar-refractivity contribution in [2.45, 2.75) is 6.54 Å². The van der Waals surface area contributed by atoms with Gasteiger partial charge in [-0.25, -0.2) is 4.39 Å². The molecule has 0 aliphatic heterocycles. The van der Waals surface area contributed by atoms with Gasteiger partial charge in [0.15, 0.2) is 0 Å². The van der Waals surface area contributed by atoms with Crippen LogP contribution in [-0.4, -0.2) is 39.1 Å². The number of halogens is 2. The van der Waals surface area contributed by atoms with Crippen LogP contribution in [0.1, 0.15) is 15.9 Å². The summed E-state index contributed by atoms with van der Waals surface area (Å²) in [5.41, 5.74) is 1.51. The van der Waals surface area contributed by atoms with Crippen LogP contribution in [0.25, 0.3) is 0 Å². The van der Waals surface area contributed by atoms with E-state index < -0.39 is 5.82 Å². The van der Waals surface area contributed by atoms with Gasteiger partial charge in [0.25, 0.3) is 5.91 Å². The molecule has 0 saturated heterocycles. The van der Waals surface area contributed by atoms with Gasteiger partial charge in [-0.15, -0.1) is 0 Å². The number of benzene rings is 2. The van der Waals surface area contributed by atoms with E-state index in [1.165, 1.54) is 11.0 Å². The first-order chi connectivity index (χ1) is 11.3. The average Bonchev–Trinajstić information content (AvgIpc) is 2.53. The maximum atomic E-state index is 14.1. The fourth-order valence-corrected chi connectivity index (χ4v) is 2.62. The van der Waals surface area contributed by atoms with E-state index in [-0.39, 0.29) is 5.91 Å². The maximum absolute atomic E-state index is 14.1. The molecule has 24 heavy (non-hydrogen) atoms. The number of hydrogen-bond acceptors (Lipinski definition) is 3. The first kappa shape index (κ1) is 18.1. The molecule has 2 aromatic carbocycles. The van der Waals surface area contributed by atoms with E-state index in [1.807, 2.05) is 0 Å². The summed E-state index contributed by atoms with van der Waals surface area (Å²) in [5.74, 6) is -0.0611. The molecule has 0 aliphatic rings. The normalized spacial score (nSPS) is 10.4. The summed E-state index contributed by atoms with van der Waals surface area (Å²) in [6, 6.07) is 9.69. The number of amides is 1. The van der Waals surface area contributed by atoms with Gasteiger partial charge in [-0.1, -0.05) is 11.6 Å². The number of carbonyl (C=O) groups excluding carboxylic acids is 1. The predicted octanol–water partition coefficient (Wildman–Crippen LogP) is 3.83. The van der Waals surface area contributed by atoms with E-state index in [2.05, 4.69) is 0 Å². The molecule has 0 fully saturated rings. The van der Waals surface area contributed by atoms with Crippen LogP contribution in [-0.2, 0) is 6.54 Å². The van der Waals surface area contributed by atoms with Gasteiger partial charge in [0.1, 0.15) is 11.6 Å². The highest BCUT2D eigenvalue weighted by Gasteiger charge is 2.16. The highest BCUT2D eigenvalue weighted by atomic mass is 35.5. The zero-order chi connectivity index (χ0) is 17.9. The molecule has 4 nitrogen and oxygen atoms in total. The Bertz CT molecular complexity index is 750. The lowest BCUT2D eigenvalue weighted by molar-refractivity contribution is 0.0783. The summed E-state index contributed by atoms with van der Waals surface area (Å²) in [6.45, 7) is 0.305. The molecule has 0 spiro atoms. The maximum Gasteiger partial charge on any atom is 0.254 e. The zero-order valence-corrected chi connectivity index (χ0v) is 14.9. The Labute approximate surface area is 146 Å². The van der Waals surface area contributed by atoms with Crippen molar-refractivity contribution in [2.24, 2.45) is 0 Å². The summed E-state index contributed by atoms with van der Waals surface area (Å²) in [4.78, 5) is 15.7. The Morgan fingerprint density at radius 2 is 1.88 bits per heavy atom. The lowest BCUT2D eigenvalue weighted by Crippen LogP contribution is -2.26. The lowest BCUT2D eigenvalue weighted by atomic mass is 10.1. The van der Waals surface area contributed by atoms with E-state index in [0.717, 1.165) is 5.56 Å². The van der Waals surface area contributed by atoms with E-state index in [1.54, 1.807) is 63.5 Å². The number of rotatable bonds is 5. The average molecular weight is 351 g/mol. The predicted molar refractivity (Wildman–Crippen MR) is 94.5 cm³/mol. The second kappa shape index (κ2) is 7.53. The molecule has 0 N–H and O–H groups in total.